The highest BCUT2D eigenvalue weighted by Gasteiger charge is 2.24. The molecule has 2 nitrogen and oxygen atoms in total. The van der Waals surface area contributed by atoms with Gasteiger partial charge in [-0.25, -0.2) is 4.39 Å². The number of hydrogen-bond acceptors (Lipinski definition) is 2. The topological polar surface area (TPSA) is 12.5 Å². The zero-order chi connectivity index (χ0) is 14.1. The summed E-state index contributed by atoms with van der Waals surface area (Å²) in [4.78, 5) is 2.24. The van der Waals surface area contributed by atoms with E-state index in [0.717, 1.165) is 34.4 Å². The summed E-state index contributed by atoms with van der Waals surface area (Å²) >= 11 is 3.50. The van der Waals surface area contributed by atoms with E-state index in [4.69, 9.17) is 4.74 Å². The summed E-state index contributed by atoms with van der Waals surface area (Å²) in [7, 11) is 1.66. The van der Waals surface area contributed by atoms with Gasteiger partial charge in [0, 0.05) is 29.7 Å². The van der Waals surface area contributed by atoms with Crippen LogP contribution in [0.4, 0.5) is 4.39 Å². The van der Waals surface area contributed by atoms with Crippen molar-refractivity contribution < 1.29 is 9.13 Å². The van der Waals surface area contributed by atoms with Crippen LogP contribution >= 0.6 is 15.9 Å². The largest absolute Gasteiger partial charge is 0.497 e. The third-order valence-electron chi connectivity index (χ3n) is 3.65. The minimum atomic E-state index is -0.111. The van der Waals surface area contributed by atoms with Crippen molar-refractivity contribution in [2.45, 2.75) is 19.6 Å². The maximum absolute atomic E-state index is 13.8. The van der Waals surface area contributed by atoms with E-state index in [2.05, 4.69) is 20.8 Å². The van der Waals surface area contributed by atoms with Crippen molar-refractivity contribution in [3.63, 3.8) is 0 Å². The minimum Gasteiger partial charge on any atom is -0.497 e. The molecule has 0 unspecified atom stereocenters. The Bertz CT molecular complexity index is 596. The van der Waals surface area contributed by atoms with Gasteiger partial charge < -0.3 is 4.74 Å². The van der Waals surface area contributed by atoms with E-state index >= 15 is 0 Å². The monoisotopic (exact) mass is 335 g/mol. The van der Waals surface area contributed by atoms with E-state index in [1.807, 2.05) is 24.3 Å². The molecule has 0 bridgehead atoms. The lowest BCUT2D eigenvalue weighted by Gasteiger charge is -2.15. The van der Waals surface area contributed by atoms with Gasteiger partial charge in [-0.15, -0.1) is 0 Å². The number of rotatable bonds is 3. The molecule has 0 radical (unpaired) electrons. The Morgan fingerprint density at radius 3 is 2.45 bits per heavy atom. The highest BCUT2D eigenvalue weighted by Crippen LogP contribution is 2.32. The van der Waals surface area contributed by atoms with E-state index in [9.17, 15) is 4.39 Å². The first-order valence-electron chi connectivity index (χ1n) is 6.48. The van der Waals surface area contributed by atoms with Crippen LogP contribution in [-0.2, 0) is 19.6 Å². The number of hydrogen-bond donors (Lipinski definition) is 0. The summed E-state index contributed by atoms with van der Waals surface area (Å²) in [6.45, 7) is 2.25. The number of ether oxygens (including phenoxy) is 1. The first-order chi connectivity index (χ1) is 9.67. The molecule has 3 rings (SSSR count). The van der Waals surface area contributed by atoms with Gasteiger partial charge in [0.05, 0.1) is 7.11 Å². The SMILES string of the molecule is COc1ccc(CN2Cc3c(F)ccc(Br)c3C2)cc1. The van der Waals surface area contributed by atoms with Crippen molar-refractivity contribution in [3.8, 4) is 5.75 Å². The normalized spacial score (nSPS) is 14.3. The molecule has 0 saturated heterocycles. The Balaban J connectivity index is 1.75. The summed E-state index contributed by atoms with van der Waals surface area (Å²) in [6.07, 6.45) is 0. The molecule has 0 fully saturated rings. The van der Waals surface area contributed by atoms with Crippen LogP contribution in [0.5, 0.6) is 5.75 Å². The molecule has 0 spiro atoms. The van der Waals surface area contributed by atoms with Crippen LogP contribution in [0.3, 0.4) is 0 Å². The Morgan fingerprint density at radius 2 is 1.80 bits per heavy atom. The van der Waals surface area contributed by atoms with E-state index in [1.54, 1.807) is 13.2 Å². The maximum Gasteiger partial charge on any atom is 0.128 e. The van der Waals surface area contributed by atoms with E-state index in [1.165, 1.54) is 11.6 Å². The van der Waals surface area contributed by atoms with Gasteiger partial charge in [0.2, 0.25) is 0 Å². The molecule has 20 heavy (non-hydrogen) atoms. The van der Waals surface area contributed by atoms with Crippen LogP contribution in [0.15, 0.2) is 40.9 Å². The molecule has 1 aliphatic rings. The first-order valence-corrected chi connectivity index (χ1v) is 7.27. The molecule has 104 valence electrons. The van der Waals surface area contributed by atoms with Crippen LogP contribution in [-0.4, -0.2) is 12.0 Å². The lowest BCUT2D eigenvalue weighted by Crippen LogP contribution is -2.15. The van der Waals surface area contributed by atoms with Gasteiger partial charge >= 0.3 is 0 Å². The van der Waals surface area contributed by atoms with Gasteiger partial charge in [-0.3, -0.25) is 4.90 Å². The maximum atomic E-state index is 13.8. The molecule has 2 aromatic rings. The molecule has 0 atom stereocenters. The highest BCUT2D eigenvalue weighted by molar-refractivity contribution is 9.10. The fourth-order valence-electron chi connectivity index (χ4n) is 2.58. The standard InChI is InChI=1S/C16H15BrFNO/c1-20-12-4-2-11(3-5-12)8-19-9-13-14(10-19)16(18)7-6-15(13)17/h2-7H,8-10H2,1H3. The number of benzene rings is 2. The van der Waals surface area contributed by atoms with Crippen LogP contribution in [0.2, 0.25) is 0 Å². The second-order valence-electron chi connectivity index (χ2n) is 4.98. The molecule has 0 saturated carbocycles. The summed E-state index contributed by atoms with van der Waals surface area (Å²) in [5, 5.41) is 0. The fraction of sp³-hybridized carbons (Fsp3) is 0.250. The predicted molar refractivity (Wildman–Crippen MR) is 80.0 cm³/mol. The Kier molecular flexibility index (Phi) is 3.76. The number of fused-ring (bicyclic) bond motifs is 1. The van der Waals surface area contributed by atoms with Crippen molar-refractivity contribution in [3.05, 3.63) is 63.4 Å². The lowest BCUT2D eigenvalue weighted by atomic mass is 10.1. The van der Waals surface area contributed by atoms with Gasteiger partial charge in [-0.2, -0.15) is 0 Å². The van der Waals surface area contributed by atoms with Crippen molar-refractivity contribution in [1.82, 2.24) is 4.90 Å². The summed E-state index contributed by atoms with van der Waals surface area (Å²) in [5.41, 5.74) is 3.08. The van der Waals surface area contributed by atoms with E-state index < -0.39 is 0 Å². The van der Waals surface area contributed by atoms with Crippen LogP contribution in [0.1, 0.15) is 16.7 Å². The zero-order valence-electron chi connectivity index (χ0n) is 11.2. The molecule has 1 heterocycles. The van der Waals surface area contributed by atoms with E-state index in [-0.39, 0.29) is 5.82 Å². The number of nitrogens with zero attached hydrogens (tertiary/aromatic N) is 1. The Morgan fingerprint density at radius 1 is 1.10 bits per heavy atom. The molecular formula is C16H15BrFNO. The third-order valence-corrected chi connectivity index (χ3v) is 4.39. The molecule has 0 N–H and O–H groups in total. The quantitative estimate of drug-likeness (QED) is 0.836. The van der Waals surface area contributed by atoms with Crippen LogP contribution in [0, 0.1) is 5.82 Å². The third kappa shape index (κ3) is 2.58. The second kappa shape index (κ2) is 5.54. The van der Waals surface area contributed by atoms with Crippen LogP contribution < -0.4 is 4.74 Å². The second-order valence-corrected chi connectivity index (χ2v) is 5.83. The molecule has 0 amide bonds. The van der Waals surface area contributed by atoms with Crippen LogP contribution in [0.25, 0.3) is 0 Å². The number of methoxy groups -OCH3 is 1. The average molecular weight is 336 g/mol. The Hall–Kier alpha value is -1.39. The highest BCUT2D eigenvalue weighted by atomic mass is 79.9. The van der Waals surface area contributed by atoms with Crippen molar-refractivity contribution in [2.24, 2.45) is 0 Å². The van der Waals surface area contributed by atoms with Crippen molar-refractivity contribution >= 4 is 15.9 Å². The summed E-state index contributed by atoms with van der Waals surface area (Å²) in [5.74, 6) is 0.743. The Labute approximate surface area is 126 Å². The van der Waals surface area contributed by atoms with Gasteiger partial charge in [0.1, 0.15) is 11.6 Å². The summed E-state index contributed by atoms with van der Waals surface area (Å²) in [6, 6.07) is 11.3. The molecule has 2 aromatic carbocycles. The molecule has 4 heteroatoms. The molecular weight excluding hydrogens is 321 g/mol. The molecule has 1 aliphatic heterocycles. The average Bonchev–Trinajstić information content (AvgIpc) is 2.89. The number of halogens is 2. The minimum absolute atomic E-state index is 0.111. The molecule has 0 aromatic heterocycles. The lowest BCUT2D eigenvalue weighted by molar-refractivity contribution is 0.273. The smallest absolute Gasteiger partial charge is 0.128 e. The van der Waals surface area contributed by atoms with Gasteiger partial charge in [0.15, 0.2) is 0 Å². The van der Waals surface area contributed by atoms with Gasteiger partial charge in [-0.05, 0) is 35.4 Å². The zero-order valence-corrected chi connectivity index (χ0v) is 12.8. The first kappa shape index (κ1) is 13.6. The van der Waals surface area contributed by atoms with Gasteiger partial charge in [-0.1, -0.05) is 28.1 Å². The predicted octanol–water partition coefficient (Wildman–Crippen LogP) is 4.11. The van der Waals surface area contributed by atoms with Crippen molar-refractivity contribution in [2.75, 3.05) is 7.11 Å². The summed E-state index contributed by atoms with van der Waals surface area (Å²) < 4.78 is 20.0. The van der Waals surface area contributed by atoms with Crippen molar-refractivity contribution in [1.29, 1.82) is 0 Å². The fourth-order valence-corrected chi connectivity index (χ4v) is 3.08. The molecule has 0 aliphatic carbocycles. The van der Waals surface area contributed by atoms with E-state index in [0.29, 0.717) is 6.54 Å². The van der Waals surface area contributed by atoms with Gasteiger partial charge in [0.25, 0.3) is 0 Å².